The molecular formula is C20H23FN2O3S. The second-order valence-corrected chi connectivity index (χ2v) is 8.94. The largest absolute Gasteiger partial charge is 0.338 e. The van der Waals surface area contributed by atoms with Crippen LogP contribution in [0.15, 0.2) is 53.4 Å². The highest BCUT2D eigenvalue weighted by atomic mass is 32.2. The van der Waals surface area contributed by atoms with E-state index in [1.54, 1.807) is 29.2 Å². The zero-order chi connectivity index (χ0) is 19.6. The number of piperidine rings is 1. The minimum Gasteiger partial charge on any atom is -0.338 e. The fourth-order valence-corrected chi connectivity index (χ4v) is 4.65. The van der Waals surface area contributed by atoms with E-state index in [0.717, 1.165) is 18.6 Å². The van der Waals surface area contributed by atoms with Crippen molar-refractivity contribution in [1.82, 2.24) is 4.90 Å². The maximum atomic E-state index is 13.1. The van der Waals surface area contributed by atoms with Crippen LogP contribution in [0, 0.1) is 17.7 Å². The maximum absolute atomic E-state index is 13.1. The molecule has 0 radical (unpaired) electrons. The van der Waals surface area contributed by atoms with Gasteiger partial charge >= 0.3 is 0 Å². The first kappa shape index (κ1) is 19.4. The van der Waals surface area contributed by atoms with E-state index in [1.165, 1.54) is 12.1 Å². The number of benzene rings is 2. The van der Waals surface area contributed by atoms with Gasteiger partial charge in [0.1, 0.15) is 5.82 Å². The number of para-hydroxylation sites is 1. The molecule has 0 unspecified atom stereocenters. The van der Waals surface area contributed by atoms with Crippen LogP contribution < -0.4 is 4.72 Å². The number of hydrogen-bond acceptors (Lipinski definition) is 3. The van der Waals surface area contributed by atoms with Gasteiger partial charge in [-0.15, -0.1) is 0 Å². The van der Waals surface area contributed by atoms with Crippen LogP contribution in [-0.4, -0.2) is 32.3 Å². The van der Waals surface area contributed by atoms with Crippen molar-refractivity contribution in [3.63, 3.8) is 0 Å². The van der Waals surface area contributed by atoms with E-state index in [1.807, 2.05) is 0 Å². The Bertz CT molecular complexity index is 918. The summed E-state index contributed by atoms with van der Waals surface area (Å²) in [6.07, 6.45) is 1.07. The Hall–Kier alpha value is -2.41. The van der Waals surface area contributed by atoms with E-state index in [4.69, 9.17) is 0 Å². The lowest BCUT2D eigenvalue weighted by Gasteiger charge is -2.35. The topological polar surface area (TPSA) is 66.5 Å². The first-order valence-corrected chi connectivity index (χ1v) is 10.4. The Kier molecular flexibility index (Phi) is 5.51. The molecule has 1 heterocycles. The van der Waals surface area contributed by atoms with E-state index < -0.39 is 15.8 Å². The van der Waals surface area contributed by atoms with Crippen LogP contribution in [0.3, 0.4) is 0 Å². The van der Waals surface area contributed by atoms with E-state index in [2.05, 4.69) is 18.6 Å². The number of carbonyl (C=O) groups excluding carboxylic acids is 1. The Labute approximate surface area is 159 Å². The van der Waals surface area contributed by atoms with Crippen LogP contribution in [0.2, 0.25) is 0 Å². The summed E-state index contributed by atoms with van der Waals surface area (Å²) in [6, 6.07) is 11.1. The molecule has 2 aromatic rings. The third kappa shape index (κ3) is 4.47. The zero-order valence-corrected chi connectivity index (χ0v) is 16.2. The number of halogens is 1. The number of nitrogens with one attached hydrogen (secondary N) is 1. The van der Waals surface area contributed by atoms with Gasteiger partial charge < -0.3 is 4.90 Å². The average Bonchev–Trinajstić information content (AvgIpc) is 2.61. The molecule has 1 aliphatic rings. The van der Waals surface area contributed by atoms with Gasteiger partial charge in [-0.05, 0) is 54.7 Å². The Morgan fingerprint density at radius 2 is 1.63 bits per heavy atom. The summed E-state index contributed by atoms with van der Waals surface area (Å²) >= 11 is 0. The maximum Gasteiger partial charge on any atom is 0.261 e. The number of nitrogens with zero attached hydrogens (tertiary/aromatic N) is 1. The molecule has 1 fully saturated rings. The monoisotopic (exact) mass is 390 g/mol. The molecule has 0 bridgehead atoms. The number of anilines is 1. The SMILES string of the molecule is C[C@H]1C[C@H](C)CN(C(=O)c2ccccc2NS(=O)(=O)c2ccc(F)cc2)C1. The third-order valence-electron chi connectivity index (χ3n) is 4.68. The summed E-state index contributed by atoms with van der Waals surface area (Å²) in [5.41, 5.74) is 0.530. The molecule has 2 atom stereocenters. The molecule has 5 nitrogen and oxygen atoms in total. The molecule has 0 spiro atoms. The van der Waals surface area contributed by atoms with Gasteiger partial charge in [-0.3, -0.25) is 9.52 Å². The van der Waals surface area contributed by atoms with Crippen molar-refractivity contribution in [2.75, 3.05) is 17.8 Å². The minimum absolute atomic E-state index is 0.0635. The van der Waals surface area contributed by atoms with E-state index in [-0.39, 0.29) is 16.5 Å². The van der Waals surface area contributed by atoms with Gasteiger partial charge in [-0.25, -0.2) is 12.8 Å². The van der Waals surface area contributed by atoms with E-state index >= 15 is 0 Å². The normalized spacial score (nSPS) is 20.3. The molecule has 1 saturated heterocycles. The average molecular weight is 390 g/mol. The summed E-state index contributed by atoms with van der Waals surface area (Å²) in [7, 11) is -3.93. The number of amides is 1. The van der Waals surface area contributed by atoms with Crippen molar-refractivity contribution in [1.29, 1.82) is 0 Å². The summed E-state index contributed by atoms with van der Waals surface area (Å²) in [5, 5.41) is 0. The van der Waals surface area contributed by atoms with Crippen LogP contribution in [-0.2, 0) is 10.0 Å². The number of rotatable bonds is 4. The van der Waals surface area contributed by atoms with Gasteiger partial charge in [0, 0.05) is 13.1 Å². The standard InChI is InChI=1S/C20H23FN2O3S/c1-14-11-15(2)13-23(12-14)20(24)18-5-3-4-6-19(18)22-27(25,26)17-9-7-16(21)8-10-17/h3-10,14-15,22H,11-13H2,1-2H3/t14-,15-/m0/s1. The predicted molar refractivity (Wildman–Crippen MR) is 102 cm³/mol. The number of sulfonamides is 1. The molecule has 144 valence electrons. The van der Waals surface area contributed by atoms with Gasteiger partial charge in [0.25, 0.3) is 15.9 Å². The van der Waals surface area contributed by atoms with E-state index in [9.17, 15) is 17.6 Å². The van der Waals surface area contributed by atoms with E-state index in [0.29, 0.717) is 30.5 Å². The van der Waals surface area contributed by atoms with Gasteiger partial charge in [-0.2, -0.15) is 0 Å². The fourth-order valence-electron chi connectivity index (χ4n) is 3.58. The summed E-state index contributed by atoms with van der Waals surface area (Å²) in [5.74, 6) is 0.102. The van der Waals surface area contributed by atoms with Crippen molar-refractivity contribution in [2.24, 2.45) is 11.8 Å². The van der Waals surface area contributed by atoms with Crippen molar-refractivity contribution >= 4 is 21.6 Å². The lowest BCUT2D eigenvalue weighted by atomic mass is 9.91. The van der Waals surface area contributed by atoms with Crippen LogP contribution in [0.1, 0.15) is 30.6 Å². The Balaban J connectivity index is 1.88. The molecule has 1 N–H and O–H groups in total. The Morgan fingerprint density at radius 1 is 1.04 bits per heavy atom. The quantitative estimate of drug-likeness (QED) is 0.865. The summed E-state index contributed by atoms with van der Waals surface area (Å²) in [6.45, 7) is 5.53. The summed E-state index contributed by atoms with van der Waals surface area (Å²) in [4.78, 5) is 14.7. The highest BCUT2D eigenvalue weighted by molar-refractivity contribution is 7.92. The van der Waals surface area contributed by atoms with Gasteiger partial charge in [0.15, 0.2) is 0 Å². The third-order valence-corrected chi connectivity index (χ3v) is 6.06. The van der Waals surface area contributed by atoms with Crippen molar-refractivity contribution in [2.45, 2.75) is 25.2 Å². The van der Waals surface area contributed by atoms with Crippen LogP contribution in [0.5, 0.6) is 0 Å². The second-order valence-electron chi connectivity index (χ2n) is 7.26. The van der Waals surface area contributed by atoms with Gasteiger partial charge in [0.05, 0.1) is 16.1 Å². The molecule has 0 saturated carbocycles. The zero-order valence-electron chi connectivity index (χ0n) is 15.4. The van der Waals surface area contributed by atoms with Gasteiger partial charge in [-0.1, -0.05) is 26.0 Å². The van der Waals surface area contributed by atoms with Gasteiger partial charge in [0.2, 0.25) is 0 Å². The van der Waals surface area contributed by atoms with Crippen molar-refractivity contribution in [3.8, 4) is 0 Å². The lowest BCUT2D eigenvalue weighted by molar-refractivity contribution is 0.0624. The number of carbonyl (C=O) groups is 1. The molecular weight excluding hydrogens is 367 g/mol. The Morgan fingerprint density at radius 3 is 2.26 bits per heavy atom. The lowest BCUT2D eigenvalue weighted by Crippen LogP contribution is -2.42. The first-order valence-electron chi connectivity index (χ1n) is 8.93. The number of likely N-dealkylation sites (tertiary alicyclic amines) is 1. The molecule has 1 aliphatic heterocycles. The molecule has 7 heteroatoms. The number of hydrogen-bond donors (Lipinski definition) is 1. The second kappa shape index (κ2) is 7.68. The molecule has 2 aromatic carbocycles. The highest BCUT2D eigenvalue weighted by Gasteiger charge is 2.28. The van der Waals surface area contributed by atoms with Crippen molar-refractivity contribution < 1.29 is 17.6 Å². The molecule has 27 heavy (non-hydrogen) atoms. The molecule has 0 aliphatic carbocycles. The smallest absolute Gasteiger partial charge is 0.261 e. The highest BCUT2D eigenvalue weighted by Crippen LogP contribution is 2.26. The molecule has 0 aromatic heterocycles. The summed E-state index contributed by atoms with van der Waals surface area (Å²) < 4.78 is 40.8. The first-order chi connectivity index (χ1) is 12.8. The van der Waals surface area contributed by atoms with Crippen LogP contribution in [0.4, 0.5) is 10.1 Å². The van der Waals surface area contributed by atoms with Crippen LogP contribution in [0.25, 0.3) is 0 Å². The van der Waals surface area contributed by atoms with Crippen LogP contribution >= 0.6 is 0 Å². The van der Waals surface area contributed by atoms with Crippen molar-refractivity contribution in [3.05, 3.63) is 59.9 Å². The minimum atomic E-state index is -3.93. The fraction of sp³-hybridized carbons (Fsp3) is 0.350. The molecule has 1 amide bonds. The molecule has 3 rings (SSSR count). The predicted octanol–water partition coefficient (Wildman–Crippen LogP) is 3.74.